The number of benzene rings is 1. The standard InChI is InChI=1S/C20H29NO/c1-3-4-10-19-16-21(15-13-20(19)22)14-8-9-17(2)18-11-6-5-7-12-18/h3-7,11-12,17,22H,8-10,13-16H2,1-2H3/b4-3-. The van der Waals surface area contributed by atoms with E-state index in [1.54, 1.807) is 0 Å². The van der Waals surface area contributed by atoms with Gasteiger partial charge in [0, 0.05) is 19.5 Å². The Labute approximate surface area is 135 Å². The minimum Gasteiger partial charge on any atom is -0.512 e. The maximum atomic E-state index is 9.99. The van der Waals surface area contributed by atoms with Crippen LogP contribution in [0.4, 0.5) is 0 Å². The van der Waals surface area contributed by atoms with Crippen molar-refractivity contribution in [2.45, 2.75) is 45.4 Å². The highest BCUT2D eigenvalue weighted by atomic mass is 16.3. The van der Waals surface area contributed by atoms with Crippen LogP contribution in [-0.2, 0) is 0 Å². The first kappa shape index (κ1) is 16.8. The number of hydrogen-bond acceptors (Lipinski definition) is 2. The van der Waals surface area contributed by atoms with Gasteiger partial charge in [-0.25, -0.2) is 0 Å². The van der Waals surface area contributed by atoms with Crippen LogP contribution in [-0.4, -0.2) is 29.6 Å². The molecular weight excluding hydrogens is 270 g/mol. The maximum absolute atomic E-state index is 9.99. The molecule has 1 aliphatic rings. The largest absolute Gasteiger partial charge is 0.512 e. The van der Waals surface area contributed by atoms with Gasteiger partial charge in [-0.1, -0.05) is 49.4 Å². The lowest BCUT2D eigenvalue weighted by Crippen LogP contribution is -2.32. The zero-order valence-electron chi connectivity index (χ0n) is 14.0. The maximum Gasteiger partial charge on any atom is 0.0943 e. The first-order chi connectivity index (χ1) is 10.7. The predicted octanol–water partition coefficient (Wildman–Crippen LogP) is 5.05. The number of allylic oxidation sites excluding steroid dienone is 2. The third kappa shape index (κ3) is 5.03. The lowest BCUT2D eigenvalue weighted by atomic mass is 9.96. The quantitative estimate of drug-likeness (QED) is 0.712. The van der Waals surface area contributed by atoms with E-state index in [0.717, 1.165) is 32.5 Å². The van der Waals surface area contributed by atoms with Crippen molar-refractivity contribution in [3.8, 4) is 0 Å². The number of rotatable bonds is 7. The van der Waals surface area contributed by atoms with E-state index >= 15 is 0 Å². The second-order valence-corrected chi connectivity index (χ2v) is 6.30. The summed E-state index contributed by atoms with van der Waals surface area (Å²) in [5.74, 6) is 1.24. The molecule has 22 heavy (non-hydrogen) atoms. The zero-order chi connectivity index (χ0) is 15.8. The van der Waals surface area contributed by atoms with E-state index in [4.69, 9.17) is 0 Å². The topological polar surface area (TPSA) is 23.5 Å². The molecule has 0 radical (unpaired) electrons. The second-order valence-electron chi connectivity index (χ2n) is 6.30. The lowest BCUT2D eigenvalue weighted by Gasteiger charge is -2.29. The van der Waals surface area contributed by atoms with Crippen LogP contribution in [0.2, 0.25) is 0 Å². The summed E-state index contributed by atoms with van der Waals surface area (Å²) in [6.45, 7) is 7.39. The number of aliphatic hydroxyl groups is 1. The van der Waals surface area contributed by atoms with Gasteiger partial charge in [0.15, 0.2) is 0 Å². The summed E-state index contributed by atoms with van der Waals surface area (Å²) in [7, 11) is 0. The van der Waals surface area contributed by atoms with Gasteiger partial charge >= 0.3 is 0 Å². The molecule has 1 aromatic carbocycles. The Morgan fingerprint density at radius 3 is 2.77 bits per heavy atom. The molecule has 1 unspecified atom stereocenters. The average Bonchev–Trinajstić information content (AvgIpc) is 2.56. The molecule has 1 heterocycles. The SMILES string of the molecule is C/C=C\CC1=C(O)CCN(CCCC(C)c2ccccc2)C1. The van der Waals surface area contributed by atoms with Crippen molar-refractivity contribution >= 4 is 0 Å². The van der Waals surface area contributed by atoms with E-state index < -0.39 is 0 Å². The van der Waals surface area contributed by atoms with Gasteiger partial charge in [-0.3, -0.25) is 4.90 Å². The van der Waals surface area contributed by atoms with E-state index in [-0.39, 0.29) is 0 Å². The van der Waals surface area contributed by atoms with Crippen molar-refractivity contribution < 1.29 is 5.11 Å². The number of hydrogen-bond donors (Lipinski definition) is 1. The molecule has 2 heteroatoms. The molecule has 1 N–H and O–H groups in total. The van der Waals surface area contributed by atoms with Crippen molar-refractivity contribution in [1.29, 1.82) is 0 Å². The Balaban J connectivity index is 1.76. The first-order valence-electron chi connectivity index (χ1n) is 8.49. The molecule has 1 aliphatic heterocycles. The molecule has 120 valence electrons. The molecule has 2 nitrogen and oxygen atoms in total. The van der Waals surface area contributed by atoms with Crippen molar-refractivity contribution in [3.05, 3.63) is 59.4 Å². The molecule has 0 fully saturated rings. The van der Waals surface area contributed by atoms with Gasteiger partial charge < -0.3 is 5.11 Å². The fourth-order valence-corrected chi connectivity index (χ4v) is 3.08. The summed E-state index contributed by atoms with van der Waals surface area (Å²) in [5, 5.41) is 9.99. The highest BCUT2D eigenvalue weighted by Crippen LogP contribution is 2.22. The number of nitrogens with zero attached hydrogens (tertiary/aromatic N) is 1. The molecule has 0 spiro atoms. The van der Waals surface area contributed by atoms with Gasteiger partial charge in [-0.15, -0.1) is 0 Å². The summed E-state index contributed by atoms with van der Waals surface area (Å²) in [6.07, 6.45) is 8.32. The van der Waals surface area contributed by atoms with Crippen LogP contribution in [0.25, 0.3) is 0 Å². The summed E-state index contributed by atoms with van der Waals surface area (Å²) in [4.78, 5) is 2.48. The van der Waals surface area contributed by atoms with Crippen molar-refractivity contribution in [2.75, 3.05) is 19.6 Å². The molecule has 0 amide bonds. The Kier molecular flexibility index (Phi) is 6.73. The van der Waals surface area contributed by atoms with Crippen molar-refractivity contribution in [3.63, 3.8) is 0 Å². The summed E-state index contributed by atoms with van der Waals surface area (Å²) in [6, 6.07) is 10.8. The van der Waals surface area contributed by atoms with E-state index in [1.165, 1.54) is 24.0 Å². The molecule has 1 aromatic rings. The van der Waals surface area contributed by atoms with Crippen LogP contribution in [0.15, 0.2) is 53.8 Å². The van der Waals surface area contributed by atoms with Crippen LogP contribution in [0, 0.1) is 0 Å². The molecule has 2 rings (SSSR count). The Morgan fingerprint density at radius 1 is 1.27 bits per heavy atom. The van der Waals surface area contributed by atoms with Gasteiger partial charge in [-0.2, -0.15) is 0 Å². The van der Waals surface area contributed by atoms with Crippen molar-refractivity contribution in [1.82, 2.24) is 4.90 Å². The van der Waals surface area contributed by atoms with Crippen LogP contribution in [0.1, 0.15) is 51.0 Å². The van der Waals surface area contributed by atoms with Gasteiger partial charge in [0.25, 0.3) is 0 Å². The molecule has 0 saturated heterocycles. The van der Waals surface area contributed by atoms with E-state index in [2.05, 4.69) is 54.3 Å². The minimum atomic E-state index is 0.618. The Morgan fingerprint density at radius 2 is 2.05 bits per heavy atom. The smallest absolute Gasteiger partial charge is 0.0943 e. The first-order valence-corrected chi connectivity index (χ1v) is 8.49. The number of aliphatic hydroxyl groups excluding tert-OH is 1. The fourth-order valence-electron chi connectivity index (χ4n) is 3.08. The molecule has 0 bridgehead atoms. The van der Waals surface area contributed by atoms with Gasteiger partial charge in [-0.05, 0) is 49.8 Å². The highest BCUT2D eigenvalue weighted by molar-refractivity contribution is 5.19. The summed E-state index contributed by atoms with van der Waals surface area (Å²) >= 11 is 0. The molecule has 0 aliphatic carbocycles. The third-order valence-corrected chi connectivity index (χ3v) is 4.57. The van der Waals surface area contributed by atoms with Crippen LogP contribution in [0.5, 0.6) is 0 Å². The van der Waals surface area contributed by atoms with Crippen LogP contribution in [0.3, 0.4) is 0 Å². The lowest BCUT2D eigenvalue weighted by molar-refractivity contribution is 0.238. The summed E-state index contributed by atoms with van der Waals surface area (Å²) in [5.41, 5.74) is 2.63. The second kappa shape index (κ2) is 8.79. The zero-order valence-corrected chi connectivity index (χ0v) is 14.0. The van der Waals surface area contributed by atoms with Gasteiger partial charge in [0.1, 0.15) is 0 Å². The highest BCUT2D eigenvalue weighted by Gasteiger charge is 2.17. The minimum absolute atomic E-state index is 0.618. The fraction of sp³-hybridized carbons (Fsp3) is 0.500. The summed E-state index contributed by atoms with van der Waals surface area (Å²) < 4.78 is 0. The Hall–Kier alpha value is -1.54. The van der Waals surface area contributed by atoms with Gasteiger partial charge in [0.2, 0.25) is 0 Å². The van der Waals surface area contributed by atoms with E-state index in [0.29, 0.717) is 11.7 Å². The molecule has 0 aromatic heterocycles. The van der Waals surface area contributed by atoms with E-state index in [9.17, 15) is 5.11 Å². The average molecular weight is 299 g/mol. The predicted molar refractivity (Wildman–Crippen MR) is 94.2 cm³/mol. The van der Waals surface area contributed by atoms with Gasteiger partial charge in [0.05, 0.1) is 5.76 Å². The molecule has 0 saturated carbocycles. The Bertz CT molecular complexity index is 504. The van der Waals surface area contributed by atoms with Crippen LogP contribution >= 0.6 is 0 Å². The molecule has 1 atom stereocenters. The van der Waals surface area contributed by atoms with Crippen molar-refractivity contribution in [2.24, 2.45) is 0 Å². The van der Waals surface area contributed by atoms with E-state index in [1.807, 2.05) is 6.92 Å². The monoisotopic (exact) mass is 299 g/mol. The normalized spacial score (nSPS) is 18.1. The molecular formula is C20H29NO. The third-order valence-electron chi connectivity index (χ3n) is 4.57. The van der Waals surface area contributed by atoms with Crippen LogP contribution < -0.4 is 0 Å².